The van der Waals surface area contributed by atoms with Crippen LogP contribution in [0, 0.1) is 0 Å². The van der Waals surface area contributed by atoms with Gasteiger partial charge in [-0.2, -0.15) is 0 Å². The Labute approximate surface area is 171 Å². The van der Waals surface area contributed by atoms with Crippen molar-refractivity contribution in [3.8, 4) is 10.6 Å². The lowest BCUT2D eigenvalue weighted by Crippen LogP contribution is -2.39. The largest absolute Gasteiger partial charge is 0.337 e. The van der Waals surface area contributed by atoms with E-state index in [-0.39, 0.29) is 5.91 Å². The van der Waals surface area contributed by atoms with Gasteiger partial charge in [-0.25, -0.2) is 9.97 Å². The number of fused-ring (bicyclic) bond motifs is 1. The summed E-state index contributed by atoms with van der Waals surface area (Å²) in [5, 5.41) is 3.91. The van der Waals surface area contributed by atoms with Gasteiger partial charge in [0.25, 0.3) is 5.91 Å². The first kappa shape index (κ1) is 17.5. The molecule has 0 unspecified atom stereocenters. The minimum Gasteiger partial charge on any atom is -0.337 e. The molecule has 1 fully saturated rings. The second-order valence-corrected chi connectivity index (χ2v) is 8.93. The predicted octanol–water partition coefficient (Wildman–Crippen LogP) is 5.44. The summed E-state index contributed by atoms with van der Waals surface area (Å²) in [5.41, 5.74) is 2.66. The van der Waals surface area contributed by atoms with Gasteiger partial charge < -0.3 is 4.90 Å². The highest BCUT2D eigenvalue weighted by molar-refractivity contribution is 7.18. The first-order valence-electron chi connectivity index (χ1n) is 9.43. The molecule has 0 spiro atoms. The van der Waals surface area contributed by atoms with Crippen LogP contribution in [-0.2, 0) is 0 Å². The first-order valence-corrected chi connectivity index (χ1v) is 11.1. The van der Waals surface area contributed by atoms with Crippen molar-refractivity contribution in [1.29, 1.82) is 0 Å². The molecular weight excluding hydrogens is 386 g/mol. The summed E-state index contributed by atoms with van der Waals surface area (Å²) in [7, 11) is 0. The molecule has 1 atom stereocenters. The summed E-state index contributed by atoms with van der Waals surface area (Å²) >= 11 is 3.28. The Bertz CT molecular complexity index is 1090. The van der Waals surface area contributed by atoms with E-state index in [0.29, 0.717) is 11.6 Å². The molecule has 0 radical (unpaired) electrons. The summed E-state index contributed by atoms with van der Waals surface area (Å²) in [6, 6.07) is 18.3. The average molecular weight is 406 g/mol. The second-order valence-electron chi connectivity index (χ2n) is 7.01. The average Bonchev–Trinajstić information content (AvgIpc) is 3.41. The number of carbonyl (C=O) groups is 1. The number of nitrogens with zero attached hydrogens (tertiary/aromatic N) is 3. The van der Waals surface area contributed by atoms with Crippen LogP contribution in [0.1, 0.15) is 34.3 Å². The van der Waals surface area contributed by atoms with Crippen molar-refractivity contribution in [2.45, 2.75) is 18.8 Å². The normalized spacial score (nSPS) is 17.1. The van der Waals surface area contributed by atoms with Gasteiger partial charge in [-0.1, -0.05) is 42.5 Å². The molecule has 0 N–H and O–H groups in total. The Balaban J connectivity index is 1.35. The maximum Gasteiger partial charge on any atom is 0.273 e. The molecule has 1 aliphatic heterocycles. The van der Waals surface area contributed by atoms with Gasteiger partial charge in [-0.3, -0.25) is 4.79 Å². The summed E-state index contributed by atoms with van der Waals surface area (Å²) < 4.78 is 1.22. The van der Waals surface area contributed by atoms with Crippen molar-refractivity contribution in [2.24, 2.45) is 0 Å². The highest BCUT2D eigenvalue weighted by Crippen LogP contribution is 2.33. The summed E-state index contributed by atoms with van der Waals surface area (Å²) in [6.07, 6.45) is 2.08. The van der Waals surface area contributed by atoms with E-state index in [9.17, 15) is 4.79 Å². The Kier molecular flexibility index (Phi) is 4.66. The van der Waals surface area contributed by atoms with Gasteiger partial charge in [-0.05, 0) is 25.0 Å². The van der Waals surface area contributed by atoms with E-state index < -0.39 is 0 Å². The zero-order valence-corrected chi connectivity index (χ0v) is 16.9. The third-order valence-corrected chi connectivity index (χ3v) is 7.20. The van der Waals surface area contributed by atoms with Crippen LogP contribution >= 0.6 is 22.7 Å². The molecule has 0 aliphatic carbocycles. The van der Waals surface area contributed by atoms with Crippen LogP contribution in [0.25, 0.3) is 20.8 Å². The standard InChI is InChI=1S/C22H19N3OS2/c26-22(18-14-27-20(24-18)15-7-2-1-3-8-15)25-12-6-9-16(13-25)21-23-17-10-4-5-11-19(17)28-21/h1-5,7-8,10-11,14,16H,6,9,12-13H2/t16-/m0/s1. The van der Waals surface area contributed by atoms with Crippen LogP contribution in [0.5, 0.6) is 0 Å². The third-order valence-electron chi connectivity index (χ3n) is 5.11. The van der Waals surface area contributed by atoms with Crippen molar-refractivity contribution in [2.75, 3.05) is 13.1 Å². The van der Waals surface area contributed by atoms with Crippen molar-refractivity contribution in [1.82, 2.24) is 14.9 Å². The van der Waals surface area contributed by atoms with Crippen LogP contribution in [0.3, 0.4) is 0 Å². The molecule has 2 aromatic carbocycles. The van der Waals surface area contributed by atoms with E-state index in [4.69, 9.17) is 4.98 Å². The minimum atomic E-state index is 0.0317. The Morgan fingerprint density at radius 1 is 1.04 bits per heavy atom. The number of likely N-dealkylation sites (tertiary alicyclic amines) is 1. The second kappa shape index (κ2) is 7.45. The van der Waals surface area contributed by atoms with Crippen LogP contribution in [-0.4, -0.2) is 33.9 Å². The van der Waals surface area contributed by atoms with Crippen LogP contribution in [0.2, 0.25) is 0 Å². The van der Waals surface area contributed by atoms with Crippen LogP contribution < -0.4 is 0 Å². The van der Waals surface area contributed by atoms with E-state index in [2.05, 4.69) is 17.1 Å². The predicted molar refractivity (Wildman–Crippen MR) is 115 cm³/mol. The fourth-order valence-electron chi connectivity index (χ4n) is 3.68. The molecule has 1 aliphatic rings. The molecule has 5 rings (SSSR count). The number of piperidine rings is 1. The van der Waals surface area contributed by atoms with E-state index in [0.717, 1.165) is 47.0 Å². The minimum absolute atomic E-state index is 0.0317. The van der Waals surface area contributed by atoms with Crippen LogP contribution in [0.15, 0.2) is 60.0 Å². The third kappa shape index (κ3) is 3.34. The van der Waals surface area contributed by atoms with Crippen molar-refractivity contribution in [3.63, 3.8) is 0 Å². The van der Waals surface area contributed by atoms with E-state index in [1.165, 1.54) is 16.0 Å². The van der Waals surface area contributed by atoms with Crippen LogP contribution in [0.4, 0.5) is 0 Å². The highest BCUT2D eigenvalue weighted by atomic mass is 32.1. The number of amides is 1. The van der Waals surface area contributed by atoms with Crippen molar-refractivity contribution < 1.29 is 4.79 Å². The number of hydrogen-bond acceptors (Lipinski definition) is 5. The molecule has 3 heterocycles. The number of para-hydroxylation sites is 1. The topological polar surface area (TPSA) is 46.1 Å². The molecular formula is C22H19N3OS2. The van der Waals surface area contributed by atoms with Gasteiger partial charge in [0.1, 0.15) is 10.7 Å². The molecule has 1 amide bonds. The Hall–Kier alpha value is -2.57. The lowest BCUT2D eigenvalue weighted by atomic mass is 9.98. The molecule has 0 saturated carbocycles. The van der Waals surface area contributed by atoms with Gasteiger partial charge in [0.2, 0.25) is 0 Å². The van der Waals surface area contributed by atoms with Crippen molar-refractivity contribution in [3.05, 3.63) is 70.7 Å². The Morgan fingerprint density at radius 3 is 2.71 bits per heavy atom. The molecule has 4 nitrogen and oxygen atoms in total. The first-order chi connectivity index (χ1) is 13.8. The molecule has 0 bridgehead atoms. The van der Waals surface area contributed by atoms with Gasteiger partial charge in [0.15, 0.2) is 0 Å². The number of benzene rings is 2. The van der Waals surface area contributed by atoms with Gasteiger partial charge in [-0.15, -0.1) is 22.7 Å². The maximum atomic E-state index is 13.0. The lowest BCUT2D eigenvalue weighted by Gasteiger charge is -2.31. The number of hydrogen-bond donors (Lipinski definition) is 0. The number of rotatable bonds is 3. The number of carbonyl (C=O) groups excluding carboxylic acids is 1. The summed E-state index contributed by atoms with van der Waals surface area (Å²) in [5.74, 6) is 0.339. The summed E-state index contributed by atoms with van der Waals surface area (Å²) in [4.78, 5) is 24.4. The fraction of sp³-hybridized carbons (Fsp3) is 0.227. The van der Waals surface area contributed by atoms with E-state index in [1.54, 1.807) is 11.3 Å². The molecule has 2 aromatic heterocycles. The van der Waals surface area contributed by atoms with Gasteiger partial charge in [0.05, 0.1) is 15.2 Å². The smallest absolute Gasteiger partial charge is 0.273 e. The summed E-state index contributed by atoms with van der Waals surface area (Å²) in [6.45, 7) is 1.51. The van der Waals surface area contributed by atoms with Crippen molar-refractivity contribution >= 4 is 38.8 Å². The SMILES string of the molecule is O=C(c1csc(-c2ccccc2)n1)N1CCC[C@H](c2nc3ccccc3s2)C1. The molecule has 4 aromatic rings. The van der Waals surface area contributed by atoms with Gasteiger partial charge >= 0.3 is 0 Å². The number of thiazole rings is 2. The maximum absolute atomic E-state index is 13.0. The molecule has 28 heavy (non-hydrogen) atoms. The Morgan fingerprint density at radius 2 is 1.86 bits per heavy atom. The molecule has 6 heteroatoms. The van der Waals surface area contributed by atoms with Gasteiger partial charge in [0, 0.05) is 30.0 Å². The fourth-order valence-corrected chi connectivity index (χ4v) is 5.57. The number of aromatic nitrogens is 2. The van der Waals surface area contributed by atoms with E-state index >= 15 is 0 Å². The monoisotopic (exact) mass is 405 g/mol. The zero-order chi connectivity index (χ0) is 18.9. The lowest BCUT2D eigenvalue weighted by molar-refractivity contribution is 0.0702. The molecule has 1 saturated heterocycles. The highest BCUT2D eigenvalue weighted by Gasteiger charge is 2.28. The van der Waals surface area contributed by atoms with E-state index in [1.807, 2.05) is 52.7 Å². The quantitative estimate of drug-likeness (QED) is 0.456. The zero-order valence-electron chi connectivity index (χ0n) is 15.2. The molecule has 140 valence electrons.